The molecule has 0 fully saturated rings. The van der Waals surface area contributed by atoms with Crippen LogP contribution in [0.4, 0.5) is 0 Å². The van der Waals surface area contributed by atoms with Gasteiger partial charge >= 0.3 is 0 Å². The average molecular weight is 535 g/mol. The van der Waals surface area contributed by atoms with Crippen LogP contribution >= 0.6 is 0 Å². The molecule has 0 aliphatic heterocycles. The summed E-state index contributed by atoms with van der Waals surface area (Å²) in [6.07, 6.45) is -0.399. The van der Waals surface area contributed by atoms with Crippen LogP contribution < -0.4 is 5.32 Å². The van der Waals surface area contributed by atoms with Crippen molar-refractivity contribution in [1.29, 1.82) is 0 Å². The topological polar surface area (TPSA) is 116 Å². The summed E-state index contributed by atoms with van der Waals surface area (Å²) >= 11 is 0. The van der Waals surface area contributed by atoms with Crippen molar-refractivity contribution >= 4 is 32.6 Å². The molecule has 4 aromatic rings. The number of nitrogens with zero attached hydrogens (tertiary/aromatic N) is 1. The third kappa shape index (κ3) is 7.36. The van der Waals surface area contributed by atoms with E-state index in [1.165, 1.54) is 0 Å². The fourth-order valence-corrected chi connectivity index (χ4v) is 5.56. The molecule has 198 valence electrons. The van der Waals surface area contributed by atoms with Gasteiger partial charge in [-0.3, -0.25) is 9.59 Å². The number of para-hydroxylation sites is 2. The number of sulfone groups is 1. The molecule has 1 unspecified atom stereocenters. The summed E-state index contributed by atoms with van der Waals surface area (Å²) < 4.78 is 37.5. The maximum Gasteiger partial charge on any atom is 0.266 e. The van der Waals surface area contributed by atoms with E-state index in [9.17, 15) is 18.0 Å². The minimum atomic E-state index is -3.72. The monoisotopic (exact) mass is 534 g/mol. The molecule has 1 N–H and O–H groups in total. The first-order chi connectivity index (χ1) is 18.3. The van der Waals surface area contributed by atoms with E-state index in [1.54, 1.807) is 54.6 Å². The highest BCUT2D eigenvalue weighted by Gasteiger charge is 2.32. The summed E-state index contributed by atoms with van der Waals surface area (Å²) in [6, 6.07) is 24.0. The van der Waals surface area contributed by atoms with E-state index in [2.05, 4.69) is 10.3 Å². The van der Waals surface area contributed by atoms with Gasteiger partial charge in [0.25, 0.3) is 11.8 Å². The Morgan fingerprint density at radius 3 is 2.21 bits per heavy atom. The Bertz CT molecular complexity index is 1440. The SMILES string of the molecule is CCC[C@H](NC(=O)C(CS(=O)(=O)Cc1ccccc1)OCc1ccccc1)C(=O)c1nc2ccccc2o1. The van der Waals surface area contributed by atoms with Gasteiger partial charge in [0.2, 0.25) is 5.78 Å². The predicted molar refractivity (Wildman–Crippen MR) is 144 cm³/mol. The predicted octanol–water partition coefficient (Wildman–Crippen LogP) is 4.50. The van der Waals surface area contributed by atoms with E-state index in [0.29, 0.717) is 29.5 Å². The van der Waals surface area contributed by atoms with E-state index < -0.39 is 39.4 Å². The van der Waals surface area contributed by atoms with Crippen LogP contribution in [-0.4, -0.2) is 43.0 Å². The number of oxazole rings is 1. The molecule has 0 saturated carbocycles. The van der Waals surface area contributed by atoms with E-state index in [4.69, 9.17) is 9.15 Å². The number of Topliss-reactive ketones (excluding diaryl/α,β-unsaturated/α-hetero) is 1. The highest BCUT2D eigenvalue weighted by molar-refractivity contribution is 7.90. The first-order valence-electron chi connectivity index (χ1n) is 12.4. The lowest BCUT2D eigenvalue weighted by molar-refractivity contribution is -0.132. The summed E-state index contributed by atoms with van der Waals surface area (Å²) in [5.41, 5.74) is 2.41. The van der Waals surface area contributed by atoms with E-state index >= 15 is 0 Å². The largest absolute Gasteiger partial charge is 0.434 e. The van der Waals surface area contributed by atoms with Gasteiger partial charge in [-0.2, -0.15) is 0 Å². The number of ether oxygens (including phenoxy) is 1. The first-order valence-corrected chi connectivity index (χ1v) is 14.3. The Morgan fingerprint density at radius 2 is 1.55 bits per heavy atom. The molecule has 0 saturated heterocycles. The lowest BCUT2D eigenvalue weighted by atomic mass is 10.1. The first kappa shape index (κ1) is 27.2. The molecule has 8 nitrogen and oxygen atoms in total. The highest BCUT2D eigenvalue weighted by atomic mass is 32.2. The third-order valence-corrected chi connectivity index (χ3v) is 7.52. The van der Waals surface area contributed by atoms with Crippen molar-refractivity contribution in [2.75, 3.05) is 5.75 Å². The number of ketones is 1. The number of carbonyl (C=O) groups is 2. The summed E-state index contributed by atoms with van der Waals surface area (Å²) in [5.74, 6) is -2.03. The number of hydrogen-bond donors (Lipinski definition) is 1. The molecular formula is C29H30N2O6S. The number of benzene rings is 3. The molecule has 1 amide bonds. The quantitative estimate of drug-likeness (QED) is 0.251. The third-order valence-electron chi connectivity index (χ3n) is 5.94. The normalized spacial score (nSPS) is 13.2. The van der Waals surface area contributed by atoms with Crippen LogP contribution in [0.15, 0.2) is 89.3 Å². The molecule has 0 aliphatic rings. The van der Waals surface area contributed by atoms with Gasteiger partial charge in [0.05, 0.1) is 24.2 Å². The standard InChI is InChI=1S/C29H30N2O6S/c1-2-11-24(27(32)29-31-23-16-9-10-17-25(23)37-29)30-28(33)26(36-18-21-12-5-3-6-13-21)20-38(34,35)19-22-14-7-4-8-15-22/h3-10,12-17,24,26H,2,11,18-20H2,1H3,(H,30,33)/t24-,26?/m0/s1. The maximum atomic E-state index is 13.4. The Balaban J connectivity index is 1.52. The molecule has 2 atom stereocenters. The highest BCUT2D eigenvalue weighted by Crippen LogP contribution is 2.18. The zero-order chi connectivity index (χ0) is 27.0. The number of nitrogens with one attached hydrogen (secondary N) is 1. The Morgan fingerprint density at radius 1 is 0.921 bits per heavy atom. The molecule has 3 aromatic carbocycles. The van der Waals surface area contributed by atoms with Crippen molar-refractivity contribution in [3.63, 3.8) is 0 Å². The lowest BCUT2D eigenvalue weighted by Gasteiger charge is -2.21. The summed E-state index contributed by atoms with van der Waals surface area (Å²) in [4.78, 5) is 30.9. The maximum absolute atomic E-state index is 13.4. The summed E-state index contributed by atoms with van der Waals surface area (Å²) in [7, 11) is -3.72. The van der Waals surface area contributed by atoms with Crippen molar-refractivity contribution in [3.05, 3.63) is 102 Å². The Kier molecular flexibility index (Phi) is 9.04. The second-order valence-electron chi connectivity index (χ2n) is 9.03. The van der Waals surface area contributed by atoms with Crippen molar-refractivity contribution < 1.29 is 27.2 Å². The Hall–Kier alpha value is -3.82. The number of aromatic nitrogens is 1. The minimum absolute atomic E-state index is 0.0390. The zero-order valence-corrected chi connectivity index (χ0v) is 21.9. The van der Waals surface area contributed by atoms with Gasteiger partial charge in [-0.1, -0.05) is 86.1 Å². The molecule has 1 heterocycles. The fourth-order valence-electron chi connectivity index (χ4n) is 4.04. The molecule has 0 bridgehead atoms. The molecule has 9 heteroatoms. The van der Waals surface area contributed by atoms with E-state index in [0.717, 1.165) is 5.56 Å². The van der Waals surface area contributed by atoms with Crippen molar-refractivity contribution in [2.24, 2.45) is 0 Å². The van der Waals surface area contributed by atoms with Crippen LogP contribution in [0.25, 0.3) is 11.1 Å². The van der Waals surface area contributed by atoms with Crippen LogP contribution in [-0.2, 0) is 31.7 Å². The number of hydrogen-bond acceptors (Lipinski definition) is 7. The number of carbonyl (C=O) groups excluding carboxylic acids is 2. The average Bonchev–Trinajstić information content (AvgIpc) is 3.35. The van der Waals surface area contributed by atoms with Crippen molar-refractivity contribution in [3.8, 4) is 0 Å². The zero-order valence-electron chi connectivity index (χ0n) is 21.1. The molecule has 38 heavy (non-hydrogen) atoms. The van der Waals surface area contributed by atoms with Crippen LogP contribution in [0.2, 0.25) is 0 Å². The smallest absolute Gasteiger partial charge is 0.266 e. The molecule has 4 rings (SSSR count). The molecule has 0 radical (unpaired) electrons. The second kappa shape index (κ2) is 12.6. The van der Waals surface area contributed by atoms with Crippen LogP contribution in [0.3, 0.4) is 0 Å². The van der Waals surface area contributed by atoms with Gasteiger partial charge in [0, 0.05) is 0 Å². The van der Waals surface area contributed by atoms with Crippen molar-refractivity contribution in [1.82, 2.24) is 10.3 Å². The Labute approximate surface area is 222 Å². The molecule has 0 spiro atoms. The van der Waals surface area contributed by atoms with Crippen LogP contribution in [0, 0.1) is 0 Å². The van der Waals surface area contributed by atoms with Crippen LogP contribution in [0.1, 0.15) is 41.6 Å². The molecule has 0 aliphatic carbocycles. The van der Waals surface area contributed by atoms with Gasteiger partial charge in [-0.15, -0.1) is 0 Å². The van der Waals surface area contributed by atoms with Gasteiger partial charge in [0.15, 0.2) is 21.5 Å². The lowest BCUT2D eigenvalue weighted by Crippen LogP contribution is -2.48. The number of rotatable bonds is 13. The number of fused-ring (bicyclic) bond motifs is 1. The van der Waals surface area contributed by atoms with E-state index in [-0.39, 0.29) is 18.3 Å². The molecule has 1 aromatic heterocycles. The van der Waals surface area contributed by atoms with Crippen molar-refractivity contribution in [2.45, 2.75) is 44.3 Å². The fraction of sp³-hybridized carbons (Fsp3) is 0.276. The van der Waals surface area contributed by atoms with E-state index in [1.807, 2.05) is 37.3 Å². The summed E-state index contributed by atoms with van der Waals surface area (Å²) in [5, 5.41) is 2.71. The van der Waals surface area contributed by atoms with Gasteiger partial charge < -0.3 is 14.5 Å². The van der Waals surface area contributed by atoms with Gasteiger partial charge in [0.1, 0.15) is 5.52 Å². The van der Waals surface area contributed by atoms with Gasteiger partial charge in [-0.25, -0.2) is 13.4 Å². The molecular weight excluding hydrogens is 504 g/mol. The van der Waals surface area contributed by atoms with Gasteiger partial charge in [-0.05, 0) is 29.7 Å². The second-order valence-corrected chi connectivity index (χ2v) is 11.1. The minimum Gasteiger partial charge on any atom is -0.434 e. The number of amides is 1. The summed E-state index contributed by atoms with van der Waals surface area (Å²) in [6.45, 7) is 1.92. The van der Waals surface area contributed by atoms with Crippen LogP contribution in [0.5, 0.6) is 0 Å².